The molecule has 10 heteroatoms. The summed E-state index contributed by atoms with van der Waals surface area (Å²) in [5.41, 5.74) is -1.36. The fourth-order valence-corrected chi connectivity index (χ4v) is 4.72. The molecule has 2 aromatic carbocycles. The summed E-state index contributed by atoms with van der Waals surface area (Å²) < 4.78 is 4.64. The first-order chi connectivity index (χ1) is 15.2. The minimum absolute atomic E-state index is 0.0281. The minimum Gasteiger partial charge on any atom is -0.465 e. The molecule has 10 nitrogen and oxygen atoms in total. The van der Waals surface area contributed by atoms with E-state index in [1.165, 1.54) is 26.2 Å². The van der Waals surface area contributed by atoms with Crippen LogP contribution in [0.5, 0.6) is 0 Å². The van der Waals surface area contributed by atoms with E-state index >= 15 is 0 Å². The van der Waals surface area contributed by atoms with E-state index in [-0.39, 0.29) is 11.1 Å². The largest absolute Gasteiger partial charge is 0.465 e. The monoisotopic (exact) mass is 437 g/mol. The highest BCUT2D eigenvalue weighted by Gasteiger charge is 2.79. The third-order valence-electron chi connectivity index (χ3n) is 6.24. The number of imide groups is 2. The zero-order valence-corrected chi connectivity index (χ0v) is 17.5. The van der Waals surface area contributed by atoms with Crippen molar-refractivity contribution in [2.24, 2.45) is 5.41 Å². The van der Waals surface area contributed by atoms with E-state index in [1.54, 1.807) is 30.3 Å². The minimum atomic E-state index is -1.70. The van der Waals surface area contributed by atoms with E-state index in [4.69, 9.17) is 0 Å². The quantitative estimate of drug-likeness (QED) is 0.311. The van der Waals surface area contributed by atoms with Gasteiger partial charge in [-0.2, -0.15) is 0 Å². The van der Waals surface area contributed by atoms with Crippen molar-refractivity contribution in [2.45, 2.75) is 11.8 Å². The lowest BCUT2D eigenvalue weighted by Gasteiger charge is -2.34. The molecule has 2 fully saturated rings. The van der Waals surface area contributed by atoms with Gasteiger partial charge in [0.15, 0.2) is 0 Å². The highest BCUT2D eigenvalue weighted by atomic mass is 16.6. The zero-order valence-electron chi connectivity index (χ0n) is 17.5. The SMILES string of the molecule is COC(=O)c1ccc([C@@H]2[C@@H](c3ccccc3)C23C(=O)N(C)C(=O)N(C)C3=O)c([N+](=O)[O-])c1. The van der Waals surface area contributed by atoms with Gasteiger partial charge in [-0.05, 0) is 11.6 Å². The fraction of sp³-hybridized carbons (Fsp3) is 0.273. The highest BCUT2D eigenvalue weighted by molar-refractivity contribution is 6.23. The molecule has 2 aliphatic rings. The van der Waals surface area contributed by atoms with Gasteiger partial charge in [-0.15, -0.1) is 0 Å². The zero-order chi connectivity index (χ0) is 23.4. The average Bonchev–Trinajstić information content (AvgIpc) is 3.50. The Morgan fingerprint density at radius 3 is 2.12 bits per heavy atom. The number of ether oxygens (including phenoxy) is 1. The predicted molar refractivity (Wildman–Crippen MR) is 110 cm³/mol. The average molecular weight is 437 g/mol. The van der Waals surface area contributed by atoms with Crippen LogP contribution in [0.4, 0.5) is 10.5 Å². The number of carbonyl (C=O) groups excluding carboxylic acids is 4. The van der Waals surface area contributed by atoms with Crippen LogP contribution < -0.4 is 0 Å². The number of nitro groups is 1. The molecule has 0 unspecified atom stereocenters. The maximum absolute atomic E-state index is 13.4. The van der Waals surface area contributed by atoms with Gasteiger partial charge in [0.1, 0.15) is 5.41 Å². The summed E-state index contributed by atoms with van der Waals surface area (Å²) in [6.45, 7) is 0. The van der Waals surface area contributed by atoms with E-state index < -0.39 is 51.7 Å². The molecule has 2 atom stereocenters. The molecule has 0 radical (unpaired) electrons. The van der Waals surface area contributed by atoms with Crippen LogP contribution in [0.15, 0.2) is 48.5 Å². The van der Waals surface area contributed by atoms with Crippen molar-refractivity contribution in [3.05, 3.63) is 75.3 Å². The molecular formula is C22H19N3O7. The van der Waals surface area contributed by atoms with Crippen molar-refractivity contribution >= 4 is 29.5 Å². The third-order valence-corrected chi connectivity index (χ3v) is 6.24. The number of benzene rings is 2. The predicted octanol–water partition coefficient (Wildman–Crippen LogP) is 2.30. The van der Waals surface area contributed by atoms with Crippen molar-refractivity contribution in [3.63, 3.8) is 0 Å². The normalized spacial score (nSPS) is 21.7. The maximum atomic E-state index is 13.4. The molecule has 32 heavy (non-hydrogen) atoms. The summed E-state index contributed by atoms with van der Waals surface area (Å²) >= 11 is 0. The number of esters is 1. The Hall–Kier alpha value is -4.08. The lowest BCUT2D eigenvalue weighted by atomic mass is 9.91. The Labute approximate surface area is 182 Å². The number of rotatable bonds is 4. The standard InChI is InChI=1S/C22H19N3O7/c1-23-19(27)22(20(28)24(2)21(23)29)16(12-7-5-4-6-8-12)17(22)14-10-9-13(18(26)32-3)11-15(14)25(30)31/h4-11,16-17H,1-3H3/t16-,17-/m1/s1. The number of nitrogens with zero attached hydrogens (tertiary/aromatic N) is 3. The molecule has 164 valence electrons. The van der Waals surface area contributed by atoms with Crippen LogP contribution in [0.2, 0.25) is 0 Å². The molecular weight excluding hydrogens is 418 g/mol. The van der Waals surface area contributed by atoms with E-state index in [1.807, 2.05) is 0 Å². The third kappa shape index (κ3) is 2.72. The molecule has 1 saturated carbocycles. The van der Waals surface area contributed by atoms with Crippen molar-refractivity contribution in [1.29, 1.82) is 0 Å². The summed E-state index contributed by atoms with van der Waals surface area (Å²) in [6, 6.07) is 11.8. The molecule has 4 amide bonds. The summed E-state index contributed by atoms with van der Waals surface area (Å²) in [5, 5.41) is 11.9. The summed E-state index contributed by atoms with van der Waals surface area (Å²) in [4.78, 5) is 63.9. The number of nitro benzene ring substituents is 1. The maximum Gasteiger partial charge on any atom is 0.338 e. The van der Waals surface area contributed by atoms with Crippen LogP contribution in [-0.2, 0) is 14.3 Å². The first-order valence-electron chi connectivity index (χ1n) is 9.69. The number of barbiturate groups is 1. The first-order valence-corrected chi connectivity index (χ1v) is 9.69. The summed E-state index contributed by atoms with van der Waals surface area (Å²) in [5.74, 6) is -3.79. The van der Waals surface area contributed by atoms with Crippen LogP contribution in [0, 0.1) is 15.5 Å². The molecule has 1 aliphatic heterocycles. The van der Waals surface area contributed by atoms with E-state index in [0.717, 1.165) is 23.0 Å². The Balaban J connectivity index is 1.94. The van der Waals surface area contributed by atoms with Gasteiger partial charge >= 0.3 is 12.0 Å². The van der Waals surface area contributed by atoms with Gasteiger partial charge in [0.2, 0.25) is 11.8 Å². The molecule has 4 rings (SSSR count). The van der Waals surface area contributed by atoms with Gasteiger partial charge in [-0.25, -0.2) is 9.59 Å². The number of urea groups is 1. The molecule has 1 spiro atoms. The van der Waals surface area contributed by atoms with E-state index in [0.29, 0.717) is 5.56 Å². The number of methoxy groups -OCH3 is 1. The number of amides is 4. The lowest BCUT2D eigenvalue weighted by Crippen LogP contribution is -2.59. The van der Waals surface area contributed by atoms with Crippen LogP contribution in [0.25, 0.3) is 0 Å². The molecule has 0 aromatic heterocycles. The topological polar surface area (TPSA) is 127 Å². The Morgan fingerprint density at radius 1 is 1.00 bits per heavy atom. The highest BCUT2D eigenvalue weighted by Crippen LogP contribution is 2.73. The van der Waals surface area contributed by atoms with Gasteiger partial charge in [0.25, 0.3) is 5.69 Å². The smallest absolute Gasteiger partial charge is 0.338 e. The molecule has 1 aliphatic carbocycles. The Morgan fingerprint density at radius 2 is 1.59 bits per heavy atom. The van der Waals surface area contributed by atoms with Gasteiger partial charge in [0.05, 0.1) is 17.6 Å². The molecule has 2 aromatic rings. The Bertz CT molecular complexity index is 1150. The van der Waals surface area contributed by atoms with Crippen molar-refractivity contribution in [2.75, 3.05) is 21.2 Å². The second-order valence-corrected chi connectivity index (χ2v) is 7.77. The van der Waals surface area contributed by atoms with Crippen LogP contribution in [0.3, 0.4) is 0 Å². The van der Waals surface area contributed by atoms with Crippen molar-refractivity contribution < 1.29 is 28.8 Å². The van der Waals surface area contributed by atoms with Crippen LogP contribution >= 0.6 is 0 Å². The van der Waals surface area contributed by atoms with Crippen molar-refractivity contribution in [1.82, 2.24) is 9.80 Å². The number of hydrogen-bond acceptors (Lipinski definition) is 7. The molecule has 1 saturated heterocycles. The van der Waals surface area contributed by atoms with Crippen molar-refractivity contribution in [3.8, 4) is 0 Å². The van der Waals surface area contributed by atoms with E-state index in [2.05, 4.69) is 4.74 Å². The number of carbonyl (C=O) groups is 4. The second-order valence-electron chi connectivity index (χ2n) is 7.77. The number of hydrogen-bond donors (Lipinski definition) is 0. The van der Waals surface area contributed by atoms with Gasteiger partial charge in [-0.3, -0.25) is 29.5 Å². The molecule has 1 heterocycles. The van der Waals surface area contributed by atoms with Gasteiger partial charge in [-0.1, -0.05) is 36.4 Å². The second kappa shape index (κ2) is 7.26. The van der Waals surface area contributed by atoms with E-state index in [9.17, 15) is 29.3 Å². The molecule has 0 N–H and O–H groups in total. The van der Waals surface area contributed by atoms with Gasteiger partial charge in [0, 0.05) is 37.6 Å². The van der Waals surface area contributed by atoms with Crippen LogP contribution in [-0.4, -0.2) is 59.7 Å². The summed E-state index contributed by atoms with van der Waals surface area (Å²) in [7, 11) is 3.72. The van der Waals surface area contributed by atoms with Gasteiger partial charge < -0.3 is 4.74 Å². The Kier molecular flexibility index (Phi) is 4.80. The molecule has 0 bridgehead atoms. The summed E-state index contributed by atoms with van der Waals surface area (Å²) in [6.07, 6.45) is 0. The fourth-order valence-electron chi connectivity index (χ4n) is 4.72. The first kappa shape index (κ1) is 21.2. The van der Waals surface area contributed by atoms with Crippen LogP contribution in [0.1, 0.15) is 33.3 Å². The lowest BCUT2D eigenvalue weighted by molar-refractivity contribution is -0.385.